The van der Waals surface area contributed by atoms with Crippen molar-refractivity contribution in [3.63, 3.8) is 0 Å². The molecule has 0 aromatic carbocycles. The van der Waals surface area contributed by atoms with Gasteiger partial charge in [0.15, 0.2) is 5.82 Å². The summed E-state index contributed by atoms with van der Waals surface area (Å²) in [6, 6.07) is 0. The molecule has 5 nitrogen and oxygen atoms in total. The van der Waals surface area contributed by atoms with Crippen LogP contribution in [0.2, 0.25) is 5.02 Å². The molecule has 1 N–H and O–H groups in total. The minimum absolute atomic E-state index is 0.589. The monoisotopic (exact) mass is 251 g/mol. The van der Waals surface area contributed by atoms with Gasteiger partial charge in [0, 0.05) is 12.1 Å². The second kappa shape index (κ2) is 5.14. The molecule has 2 aromatic rings. The fourth-order valence-electron chi connectivity index (χ4n) is 1.51. The summed E-state index contributed by atoms with van der Waals surface area (Å²) in [7, 11) is 0. The van der Waals surface area contributed by atoms with Gasteiger partial charge in [-0.1, -0.05) is 18.5 Å². The van der Waals surface area contributed by atoms with Crippen LogP contribution in [0.3, 0.4) is 0 Å². The van der Waals surface area contributed by atoms with Crippen LogP contribution in [0.5, 0.6) is 0 Å². The molecule has 2 rings (SSSR count). The normalized spacial score (nSPS) is 10.5. The van der Waals surface area contributed by atoms with Crippen molar-refractivity contribution in [3.05, 3.63) is 29.3 Å². The molecule has 2 aromatic heterocycles. The van der Waals surface area contributed by atoms with Crippen LogP contribution in [0.25, 0.3) is 5.82 Å². The lowest BCUT2D eigenvalue weighted by Gasteiger charge is -2.10. The van der Waals surface area contributed by atoms with Crippen molar-refractivity contribution >= 4 is 17.4 Å². The fraction of sp³-hybridized carbons (Fsp3) is 0.364. The van der Waals surface area contributed by atoms with Gasteiger partial charge in [-0.25, -0.2) is 14.6 Å². The second-order valence-electron chi connectivity index (χ2n) is 3.70. The van der Waals surface area contributed by atoms with Gasteiger partial charge in [0.1, 0.15) is 12.1 Å². The zero-order valence-electron chi connectivity index (χ0n) is 9.81. The van der Waals surface area contributed by atoms with Gasteiger partial charge in [0.25, 0.3) is 0 Å². The lowest BCUT2D eigenvalue weighted by molar-refractivity contribution is 0.827. The van der Waals surface area contributed by atoms with E-state index in [0.717, 1.165) is 30.2 Å². The predicted octanol–water partition coefficient (Wildman–Crippen LogP) is 2.45. The van der Waals surface area contributed by atoms with Crippen LogP contribution in [-0.2, 0) is 0 Å². The smallest absolute Gasteiger partial charge is 0.161 e. The van der Waals surface area contributed by atoms with E-state index in [0.29, 0.717) is 5.02 Å². The zero-order valence-corrected chi connectivity index (χ0v) is 10.6. The van der Waals surface area contributed by atoms with Gasteiger partial charge in [-0.15, -0.1) is 0 Å². The standard InChI is InChI=1S/C11H14ClN5/c1-3-4-13-10-8(2)11(15-7-14-10)17-6-9(12)5-16-17/h5-7H,3-4H2,1-2H3,(H,13,14,15). The minimum Gasteiger partial charge on any atom is -0.370 e. The van der Waals surface area contributed by atoms with Crippen molar-refractivity contribution in [2.45, 2.75) is 20.3 Å². The van der Waals surface area contributed by atoms with E-state index >= 15 is 0 Å². The molecule has 0 aliphatic heterocycles. The van der Waals surface area contributed by atoms with Crippen LogP contribution in [0.1, 0.15) is 18.9 Å². The van der Waals surface area contributed by atoms with Crippen molar-refractivity contribution < 1.29 is 0 Å². The van der Waals surface area contributed by atoms with Crippen molar-refractivity contribution in [1.82, 2.24) is 19.7 Å². The lowest BCUT2D eigenvalue weighted by atomic mass is 10.3. The van der Waals surface area contributed by atoms with E-state index in [1.54, 1.807) is 17.1 Å². The Bertz CT molecular complexity index is 508. The molecule has 90 valence electrons. The van der Waals surface area contributed by atoms with Gasteiger partial charge >= 0.3 is 0 Å². The van der Waals surface area contributed by atoms with Gasteiger partial charge in [0.2, 0.25) is 0 Å². The maximum absolute atomic E-state index is 5.84. The molecule has 0 aliphatic rings. The first kappa shape index (κ1) is 11.9. The third-order valence-corrected chi connectivity index (χ3v) is 2.56. The Kier molecular flexibility index (Phi) is 3.58. The summed E-state index contributed by atoms with van der Waals surface area (Å²) < 4.78 is 1.65. The van der Waals surface area contributed by atoms with Gasteiger partial charge in [-0.3, -0.25) is 0 Å². The Labute approximate surface area is 105 Å². The highest BCUT2D eigenvalue weighted by Crippen LogP contribution is 2.18. The Morgan fingerprint density at radius 1 is 1.41 bits per heavy atom. The number of nitrogens with zero attached hydrogens (tertiary/aromatic N) is 4. The van der Waals surface area contributed by atoms with Crippen molar-refractivity contribution in [3.8, 4) is 5.82 Å². The van der Waals surface area contributed by atoms with Crippen LogP contribution in [0.15, 0.2) is 18.7 Å². The van der Waals surface area contributed by atoms with E-state index in [9.17, 15) is 0 Å². The number of nitrogens with one attached hydrogen (secondary N) is 1. The Morgan fingerprint density at radius 2 is 2.24 bits per heavy atom. The highest BCUT2D eigenvalue weighted by atomic mass is 35.5. The van der Waals surface area contributed by atoms with Crippen LogP contribution >= 0.6 is 11.6 Å². The van der Waals surface area contributed by atoms with Crippen molar-refractivity contribution in [1.29, 1.82) is 0 Å². The molecule has 0 bridgehead atoms. The topological polar surface area (TPSA) is 55.6 Å². The Hall–Kier alpha value is -1.62. The minimum atomic E-state index is 0.589. The number of hydrogen-bond acceptors (Lipinski definition) is 4. The molecular weight excluding hydrogens is 238 g/mol. The first-order chi connectivity index (χ1) is 8.22. The SMILES string of the molecule is CCCNc1ncnc(-n2cc(Cl)cn2)c1C. The van der Waals surface area contributed by atoms with Gasteiger partial charge in [-0.05, 0) is 13.3 Å². The summed E-state index contributed by atoms with van der Waals surface area (Å²) >= 11 is 5.84. The summed E-state index contributed by atoms with van der Waals surface area (Å²) in [5.41, 5.74) is 0.959. The predicted molar refractivity (Wildman–Crippen MR) is 67.7 cm³/mol. The van der Waals surface area contributed by atoms with E-state index in [1.807, 2.05) is 6.92 Å². The summed E-state index contributed by atoms with van der Waals surface area (Å²) in [4.78, 5) is 8.43. The largest absolute Gasteiger partial charge is 0.370 e. The van der Waals surface area contributed by atoms with Crippen LogP contribution in [-0.4, -0.2) is 26.3 Å². The Balaban J connectivity index is 2.35. The molecule has 0 fully saturated rings. The van der Waals surface area contributed by atoms with Gasteiger partial charge in [-0.2, -0.15) is 5.10 Å². The molecule has 0 radical (unpaired) electrons. The summed E-state index contributed by atoms with van der Waals surface area (Å²) in [6.45, 7) is 4.96. The number of hydrogen-bond donors (Lipinski definition) is 1. The molecule has 0 unspecified atom stereocenters. The molecule has 17 heavy (non-hydrogen) atoms. The van der Waals surface area contributed by atoms with E-state index < -0.39 is 0 Å². The highest BCUT2D eigenvalue weighted by Gasteiger charge is 2.09. The number of rotatable bonds is 4. The quantitative estimate of drug-likeness (QED) is 0.907. The van der Waals surface area contributed by atoms with Gasteiger partial charge in [0.05, 0.1) is 17.4 Å². The zero-order chi connectivity index (χ0) is 12.3. The molecule has 2 heterocycles. The third-order valence-electron chi connectivity index (χ3n) is 2.37. The van der Waals surface area contributed by atoms with E-state index in [4.69, 9.17) is 11.6 Å². The van der Waals surface area contributed by atoms with Crippen LogP contribution in [0.4, 0.5) is 5.82 Å². The Morgan fingerprint density at radius 3 is 2.88 bits per heavy atom. The van der Waals surface area contributed by atoms with Crippen molar-refractivity contribution in [2.75, 3.05) is 11.9 Å². The summed E-state index contributed by atoms with van der Waals surface area (Å²) in [5.74, 6) is 1.58. The molecule has 0 saturated heterocycles. The molecule has 0 spiro atoms. The fourth-order valence-corrected chi connectivity index (χ4v) is 1.65. The number of halogens is 1. The lowest BCUT2D eigenvalue weighted by Crippen LogP contribution is -2.08. The van der Waals surface area contributed by atoms with E-state index in [-0.39, 0.29) is 0 Å². The first-order valence-electron chi connectivity index (χ1n) is 5.48. The molecule has 0 amide bonds. The van der Waals surface area contributed by atoms with Gasteiger partial charge < -0.3 is 5.32 Å². The van der Waals surface area contributed by atoms with Crippen molar-refractivity contribution in [2.24, 2.45) is 0 Å². The van der Waals surface area contributed by atoms with Crippen LogP contribution < -0.4 is 5.32 Å². The molecular formula is C11H14ClN5. The maximum Gasteiger partial charge on any atom is 0.161 e. The summed E-state index contributed by atoms with van der Waals surface area (Å²) in [5, 5.41) is 7.98. The molecule has 6 heteroatoms. The summed E-state index contributed by atoms with van der Waals surface area (Å²) in [6.07, 6.45) is 5.88. The average Bonchev–Trinajstić information content (AvgIpc) is 2.74. The number of aromatic nitrogens is 4. The average molecular weight is 252 g/mol. The van der Waals surface area contributed by atoms with E-state index in [1.165, 1.54) is 6.33 Å². The maximum atomic E-state index is 5.84. The molecule has 0 atom stereocenters. The first-order valence-corrected chi connectivity index (χ1v) is 5.86. The van der Waals surface area contributed by atoms with E-state index in [2.05, 4.69) is 27.3 Å². The molecule has 0 saturated carbocycles. The second-order valence-corrected chi connectivity index (χ2v) is 4.14. The van der Waals surface area contributed by atoms with Crippen LogP contribution in [0, 0.1) is 6.92 Å². The molecule has 0 aliphatic carbocycles. The third kappa shape index (κ3) is 2.55. The highest BCUT2D eigenvalue weighted by molar-refractivity contribution is 6.30. The number of anilines is 1.